The first-order chi connectivity index (χ1) is 35.6. The van der Waals surface area contributed by atoms with Crippen molar-refractivity contribution < 1.29 is 35.1 Å². The summed E-state index contributed by atoms with van der Waals surface area (Å²) in [6.45, 7) is 22.7. The highest BCUT2D eigenvalue weighted by molar-refractivity contribution is 5.88. The van der Waals surface area contributed by atoms with Crippen LogP contribution in [-0.2, 0) is 51.4 Å². The Morgan fingerprint density at radius 3 is 1.24 bits per heavy atom. The number of aryl methyl sites for hydroxylation is 7. The van der Waals surface area contributed by atoms with E-state index in [1.807, 2.05) is 52.8 Å². The lowest BCUT2D eigenvalue weighted by Gasteiger charge is -2.25. The summed E-state index contributed by atoms with van der Waals surface area (Å²) in [7, 11) is 0. The summed E-state index contributed by atoms with van der Waals surface area (Å²) in [6, 6.07) is 23.9. The molecule has 0 fully saturated rings. The Kier molecular flexibility index (Phi) is 31.8. The first-order valence-electron chi connectivity index (χ1n) is 27.9. The number of unbranched alkanes of at least 4 members (excludes halogenated alkanes) is 2. The van der Waals surface area contributed by atoms with E-state index in [9.17, 15) is 35.1 Å². The highest BCUT2D eigenvalue weighted by Gasteiger charge is 2.25. The van der Waals surface area contributed by atoms with Gasteiger partial charge in [-0.1, -0.05) is 207 Å². The third-order valence-corrected chi connectivity index (χ3v) is 13.3. The van der Waals surface area contributed by atoms with Crippen molar-refractivity contribution >= 4 is 10.8 Å². The third kappa shape index (κ3) is 20.3. The summed E-state index contributed by atoms with van der Waals surface area (Å²) in [5.74, 6) is -3.89. The molecule has 1 aliphatic rings. The smallest absolute Gasteiger partial charge is 0.167 e. The quantitative estimate of drug-likeness (QED) is 0.0848. The zero-order chi connectivity index (χ0) is 55.2. The molecule has 6 aromatic carbocycles. The van der Waals surface area contributed by atoms with Crippen LogP contribution in [0.3, 0.4) is 0 Å². The van der Waals surface area contributed by atoms with E-state index in [1.165, 1.54) is 37.8 Å². The summed E-state index contributed by atoms with van der Waals surface area (Å²) in [5.41, 5.74) is 6.73. The van der Waals surface area contributed by atoms with E-state index in [1.54, 1.807) is 54.6 Å². The molecule has 0 heterocycles. The van der Waals surface area contributed by atoms with Crippen LogP contribution in [0.25, 0.3) is 10.8 Å². The fraction of sp³-hybridized carbons (Fsp3) is 0.485. The first-order valence-corrected chi connectivity index (χ1v) is 27.9. The van der Waals surface area contributed by atoms with Crippen LogP contribution in [0, 0.1) is 59.4 Å². The number of rotatable bonds is 16. The lowest BCUT2D eigenvalue weighted by molar-refractivity contribution is 0.400. The van der Waals surface area contributed by atoms with Crippen LogP contribution in [0.4, 0.5) is 35.1 Å². The topological polar surface area (TPSA) is 0 Å². The van der Waals surface area contributed by atoms with Crippen molar-refractivity contribution in [2.45, 2.75) is 205 Å². The van der Waals surface area contributed by atoms with Crippen LogP contribution in [0.2, 0.25) is 0 Å². The van der Waals surface area contributed by atoms with E-state index in [2.05, 4.69) is 41.5 Å². The molecule has 0 N–H and O–H groups in total. The van der Waals surface area contributed by atoms with E-state index in [0.29, 0.717) is 82.4 Å². The monoisotopic (exact) mass is 1030 g/mol. The summed E-state index contributed by atoms with van der Waals surface area (Å²) >= 11 is 0. The number of hydrogen-bond acceptors (Lipinski definition) is 0. The highest BCUT2D eigenvalue weighted by atomic mass is 19.2. The molecule has 0 aliphatic heterocycles. The number of halogens is 8. The predicted molar refractivity (Wildman–Crippen MR) is 298 cm³/mol. The molecule has 1 aliphatic carbocycles. The minimum atomic E-state index is -0.684. The molecule has 1 atom stereocenters. The van der Waals surface area contributed by atoms with Gasteiger partial charge in [0.1, 0.15) is 11.6 Å². The molecule has 0 nitrogen and oxygen atoms in total. The fourth-order valence-corrected chi connectivity index (χ4v) is 8.80. The van der Waals surface area contributed by atoms with Gasteiger partial charge in [-0.15, -0.1) is 0 Å². The average Bonchev–Trinajstić information content (AvgIpc) is 3.40. The Hall–Kier alpha value is -4.98. The molecule has 8 heteroatoms. The van der Waals surface area contributed by atoms with E-state index >= 15 is 0 Å². The van der Waals surface area contributed by atoms with Crippen molar-refractivity contribution in [3.8, 4) is 0 Å². The Morgan fingerprint density at radius 1 is 0.392 bits per heavy atom. The van der Waals surface area contributed by atoms with Crippen molar-refractivity contribution in [1.29, 1.82) is 0 Å². The van der Waals surface area contributed by atoms with E-state index in [-0.39, 0.29) is 11.6 Å². The molecule has 0 radical (unpaired) electrons. The molecular formula is C66H88F8. The van der Waals surface area contributed by atoms with Crippen LogP contribution in [0.1, 0.15) is 202 Å². The van der Waals surface area contributed by atoms with Crippen molar-refractivity contribution in [3.63, 3.8) is 0 Å². The minimum Gasteiger partial charge on any atom is -0.207 e. The van der Waals surface area contributed by atoms with Crippen molar-refractivity contribution in [2.75, 3.05) is 0 Å². The van der Waals surface area contributed by atoms with Crippen LogP contribution < -0.4 is 0 Å². The van der Waals surface area contributed by atoms with Gasteiger partial charge in [0, 0.05) is 11.8 Å². The van der Waals surface area contributed by atoms with Gasteiger partial charge in [0.2, 0.25) is 0 Å². The second-order valence-electron chi connectivity index (χ2n) is 19.4. The second-order valence-corrected chi connectivity index (χ2v) is 19.4. The van der Waals surface area contributed by atoms with Gasteiger partial charge in [0.25, 0.3) is 0 Å². The first kappa shape index (κ1) is 65.1. The SMILES string of the molecule is CCCC.CCCC.CCCc1cc2c(c(F)c1F)CC(CCC)CC2.CCCc1cc2ccc(CCC)c(C)c2c(F)c1F.CCCc1ccc(CCC)c(F)c1F.Fc1ccccc1Cc1ccccc1F. The summed E-state index contributed by atoms with van der Waals surface area (Å²) in [6.07, 6.45) is 18.2. The molecule has 0 bridgehead atoms. The van der Waals surface area contributed by atoms with Gasteiger partial charge in [-0.05, 0) is 143 Å². The Balaban J connectivity index is 0.000000323. The van der Waals surface area contributed by atoms with Gasteiger partial charge in [-0.3, -0.25) is 0 Å². The Labute approximate surface area is 441 Å². The van der Waals surface area contributed by atoms with Gasteiger partial charge >= 0.3 is 0 Å². The van der Waals surface area contributed by atoms with Crippen LogP contribution >= 0.6 is 0 Å². The lowest BCUT2D eigenvalue weighted by atomic mass is 9.80. The maximum atomic E-state index is 14.3. The molecule has 0 spiro atoms. The number of benzene rings is 6. The summed E-state index contributed by atoms with van der Waals surface area (Å²) in [4.78, 5) is 0. The molecule has 1 unspecified atom stereocenters. The number of fused-ring (bicyclic) bond motifs is 2. The highest BCUT2D eigenvalue weighted by Crippen LogP contribution is 2.33. The normalized spacial score (nSPS) is 12.3. The van der Waals surface area contributed by atoms with Gasteiger partial charge in [-0.25, -0.2) is 35.1 Å². The molecule has 6 aromatic rings. The maximum Gasteiger partial charge on any atom is 0.167 e. The van der Waals surface area contributed by atoms with Crippen molar-refractivity contribution in [2.24, 2.45) is 5.92 Å². The average molecular weight is 1030 g/mol. The summed E-state index contributed by atoms with van der Waals surface area (Å²) in [5, 5.41) is 1.25. The minimum absolute atomic E-state index is 0.291. The molecule has 0 amide bonds. The van der Waals surface area contributed by atoms with Gasteiger partial charge in [0.15, 0.2) is 34.9 Å². The van der Waals surface area contributed by atoms with Crippen LogP contribution in [0.5, 0.6) is 0 Å². The second kappa shape index (κ2) is 36.1. The zero-order valence-electron chi connectivity index (χ0n) is 46.8. The Bertz CT molecular complexity index is 2460. The maximum absolute atomic E-state index is 14.3. The molecule has 7 rings (SSSR count). The lowest BCUT2D eigenvalue weighted by Crippen LogP contribution is -2.17. The van der Waals surface area contributed by atoms with E-state index in [4.69, 9.17) is 0 Å². The third-order valence-electron chi connectivity index (χ3n) is 13.3. The van der Waals surface area contributed by atoms with Crippen LogP contribution in [-0.4, -0.2) is 0 Å². The fourth-order valence-electron chi connectivity index (χ4n) is 8.80. The predicted octanol–water partition coefficient (Wildman–Crippen LogP) is 21.2. The van der Waals surface area contributed by atoms with Gasteiger partial charge in [0.05, 0.1) is 0 Å². The Morgan fingerprint density at radius 2 is 0.797 bits per heavy atom. The summed E-state index contributed by atoms with van der Waals surface area (Å²) < 4.78 is 110. The molecule has 0 saturated carbocycles. The molecule has 0 saturated heterocycles. The number of hydrogen-bond donors (Lipinski definition) is 0. The van der Waals surface area contributed by atoms with Crippen molar-refractivity contribution in [3.05, 3.63) is 187 Å². The van der Waals surface area contributed by atoms with Crippen molar-refractivity contribution in [1.82, 2.24) is 0 Å². The van der Waals surface area contributed by atoms with E-state index < -0.39 is 34.9 Å². The molecular weight excluding hydrogens is 945 g/mol. The van der Waals surface area contributed by atoms with E-state index in [0.717, 1.165) is 92.7 Å². The standard InChI is InChI=1S/C17H20F2.C16H22F2.C13H10F2.C12H16F2.2C4H10/c1-4-6-12-8-9-13-10-14(7-5-2)16(18)17(19)15(13)11(12)3;1-3-5-11-7-8-12-10-13(6-4-2)15(17)16(18)14(12)9-11;14-12-7-3-1-5-10(12)9-11-6-2-4-8-13(11)15;1-3-5-9-7-8-10(6-4-2)12(14)11(9)13;2*1-3-4-2/h8-10H,4-7H2,1-3H3;10-11H,3-9H2,1-2H3;1-8H,9H2;7-8H,3-6H2,1-2H3;2*3-4H2,1-2H3. The largest absolute Gasteiger partial charge is 0.207 e. The molecule has 0 aromatic heterocycles. The van der Waals surface area contributed by atoms with Gasteiger partial charge < -0.3 is 0 Å². The molecule has 74 heavy (non-hydrogen) atoms. The van der Waals surface area contributed by atoms with Crippen LogP contribution in [0.15, 0.2) is 84.9 Å². The zero-order valence-corrected chi connectivity index (χ0v) is 46.8. The molecule has 408 valence electrons. The van der Waals surface area contributed by atoms with Gasteiger partial charge in [-0.2, -0.15) is 0 Å².